The van der Waals surface area contributed by atoms with Gasteiger partial charge in [-0.3, -0.25) is 5.10 Å². The van der Waals surface area contributed by atoms with Crippen molar-refractivity contribution in [1.29, 1.82) is 0 Å². The summed E-state index contributed by atoms with van der Waals surface area (Å²) in [6.07, 6.45) is 4.68. The molecule has 0 unspecified atom stereocenters. The molecule has 0 radical (unpaired) electrons. The van der Waals surface area contributed by atoms with Crippen LogP contribution in [0, 0.1) is 0 Å². The Labute approximate surface area is 85.5 Å². The quantitative estimate of drug-likeness (QED) is 0.804. The molecule has 0 saturated heterocycles. The summed E-state index contributed by atoms with van der Waals surface area (Å²) in [4.78, 5) is 7.78. The smallest absolute Gasteiger partial charge is 0.148 e. The number of aromatic amines is 1. The summed E-state index contributed by atoms with van der Waals surface area (Å²) in [5.74, 6) is 0.622. The zero-order valence-electron chi connectivity index (χ0n) is 7.24. The lowest BCUT2D eigenvalue weighted by Gasteiger charge is -2.04. The highest BCUT2D eigenvalue weighted by Crippen LogP contribution is 2.16. The number of hydrogen-bond acceptors (Lipinski definition) is 4. The van der Waals surface area contributed by atoms with Crippen molar-refractivity contribution in [3.8, 4) is 0 Å². The molecule has 0 saturated carbocycles. The van der Waals surface area contributed by atoms with Crippen molar-refractivity contribution in [3.63, 3.8) is 0 Å². The number of halogens is 1. The van der Waals surface area contributed by atoms with Crippen LogP contribution < -0.4 is 5.32 Å². The molecule has 2 heterocycles. The van der Waals surface area contributed by atoms with Crippen LogP contribution in [0.2, 0.25) is 5.02 Å². The Bertz CT molecular complexity index is 400. The summed E-state index contributed by atoms with van der Waals surface area (Å²) in [6, 6.07) is 1.88. The number of anilines is 1. The second-order valence-electron chi connectivity index (χ2n) is 2.65. The van der Waals surface area contributed by atoms with Crippen LogP contribution in [-0.2, 0) is 6.54 Å². The van der Waals surface area contributed by atoms with E-state index in [9.17, 15) is 0 Å². The molecule has 2 aromatic heterocycles. The molecule has 2 aromatic rings. The molecule has 0 bridgehead atoms. The van der Waals surface area contributed by atoms with Crippen LogP contribution in [0.15, 0.2) is 24.8 Å². The van der Waals surface area contributed by atoms with E-state index < -0.39 is 0 Å². The van der Waals surface area contributed by atoms with Crippen molar-refractivity contribution >= 4 is 17.4 Å². The Hall–Kier alpha value is -1.62. The van der Waals surface area contributed by atoms with Gasteiger partial charge in [0.2, 0.25) is 0 Å². The molecule has 0 aliphatic carbocycles. The Morgan fingerprint density at radius 2 is 2.43 bits per heavy atom. The Morgan fingerprint density at radius 1 is 1.50 bits per heavy atom. The van der Waals surface area contributed by atoms with E-state index in [0.29, 0.717) is 17.4 Å². The van der Waals surface area contributed by atoms with E-state index in [1.165, 1.54) is 6.33 Å². The maximum atomic E-state index is 5.85. The fraction of sp³-hybridized carbons (Fsp3) is 0.125. The first-order valence-electron chi connectivity index (χ1n) is 4.04. The van der Waals surface area contributed by atoms with Gasteiger partial charge in [-0.25, -0.2) is 9.97 Å². The molecule has 0 spiro atoms. The van der Waals surface area contributed by atoms with E-state index in [-0.39, 0.29) is 0 Å². The van der Waals surface area contributed by atoms with E-state index in [1.807, 2.05) is 6.07 Å². The van der Waals surface area contributed by atoms with Crippen molar-refractivity contribution in [2.45, 2.75) is 6.54 Å². The minimum atomic E-state index is 0.506. The predicted molar refractivity (Wildman–Crippen MR) is 53.0 cm³/mol. The third kappa shape index (κ3) is 2.00. The van der Waals surface area contributed by atoms with Crippen molar-refractivity contribution in [2.75, 3.05) is 5.32 Å². The van der Waals surface area contributed by atoms with Gasteiger partial charge in [-0.2, -0.15) is 5.10 Å². The van der Waals surface area contributed by atoms with Crippen molar-refractivity contribution in [2.24, 2.45) is 0 Å². The first kappa shape index (κ1) is 8.96. The maximum absolute atomic E-state index is 5.85. The van der Waals surface area contributed by atoms with Crippen LogP contribution in [0.3, 0.4) is 0 Å². The second kappa shape index (κ2) is 4.06. The largest absolute Gasteiger partial charge is 0.363 e. The molecule has 0 aromatic carbocycles. The fourth-order valence-electron chi connectivity index (χ4n) is 1.00. The maximum Gasteiger partial charge on any atom is 0.148 e. The van der Waals surface area contributed by atoms with E-state index in [0.717, 1.165) is 5.69 Å². The van der Waals surface area contributed by atoms with E-state index in [4.69, 9.17) is 11.6 Å². The standard InChI is InChI=1S/C8H8ClN5/c9-7-4-10-5-12-8(7)11-3-6-1-2-13-14-6/h1-2,4-5H,3H2,(H,13,14)(H,10,11,12). The van der Waals surface area contributed by atoms with Crippen molar-refractivity contribution < 1.29 is 0 Å². The highest BCUT2D eigenvalue weighted by Gasteiger charge is 2.00. The lowest BCUT2D eigenvalue weighted by atomic mass is 10.4. The van der Waals surface area contributed by atoms with Crippen molar-refractivity contribution in [1.82, 2.24) is 20.2 Å². The monoisotopic (exact) mass is 209 g/mol. The SMILES string of the molecule is Clc1cncnc1NCc1ccn[nH]1. The number of H-pyrrole nitrogens is 1. The number of rotatable bonds is 3. The summed E-state index contributed by atoms with van der Waals surface area (Å²) in [5, 5.41) is 10.2. The summed E-state index contributed by atoms with van der Waals surface area (Å²) < 4.78 is 0. The van der Waals surface area contributed by atoms with Gasteiger partial charge < -0.3 is 5.32 Å². The van der Waals surface area contributed by atoms with Crippen LogP contribution in [-0.4, -0.2) is 20.2 Å². The Morgan fingerprint density at radius 3 is 3.14 bits per heavy atom. The zero-order valence-corrected chi connectivity index (χ0v) is 7.99. The van der Waals surface area contributed by atoms with Gasteiger partial charge in [0, 0.05) is 6.20 Å². The van der Waals surface area contributed by atoms with Crippen LogP contribution in [0.25, 0.3) is 0 Å². The van der Waals surface area contributed by atoms with Gasteiger partial charge in [0.25, 0.3) is 0 Å². The van der Waals surface area contributed by atoms with Gasteiger partial charge in [0.1, 0.15) is 17.2 Å². The minimum Gasteiger partial charge on any atom is -0.363 e. The number of nitrogens with zero attached hydrogens (tertiary/aromatic N) is 3. The molecular formula is C8H8ClN5. The van der Waals surface area contributed by atoms with Crippen LogP contribution in [0.5, 0.6) is 0 Å². The van der Waals surface area contributed by atoms with E-state index in [1.54, 1.807) is 12.4 Å². The lowest BCUT2D eigenvalue weighted by Crippen LogP contribution is -2.02. The normalized spacial score (nSPS) is 10.1. The second-order valence-corrected chi connectivity index (χ2v) is 3.06. The molecule has 0 aliphatic rings. The molecule has 14 heavy (non-hydrogen) atoms. The lowest BCUT2D eigenvalue weighted by molar-refractivity contribution is 0.971. The summed E-state index contributed by atoms with van der Waals surface area (Å²) in [6.45, 7) is 0.608. The van der Waals surface area contributed by atoms with Crippen LogP contribution in [0.1, 0.15) is 5.69 Å². The summed E-state index contributed by atoms with van der Waals surface area (Å²) >= 11 is 5.85. The summed E-state index contributed by atoms with van der Waals surface area (Å²) in [5.41, 5.74) is 0.972. The van der Waals surface area contributed by atoms with Gasteiger partial charge in [0.05, 0.1) is 18.4 Å². The van der Waals surface area contributed by atoms with Gasteiger partial charge in [-0.1, -0.05) is 11.6 Å². The molecule has 72 valence electrons. The minimum absolute atomic E-state index is 0.506. The van der Waals surface area contributed by atoms with Crippen LogP contribution in [0.4, 0.5) is 5.82 Å². The highest BCUT2D eigenvalue weighted by atomic mass is 35.5. The Kier molecular flexibility index (Phi) is 2.60. The topological polar surface area (TPSA) is 66.5 Å². The number of nitrogens with one attached hydrogen (secondary N) is 2. The average molecular weight is 210 g/mol. The fourth-order valence-corrected chi connectivity index (χ4v) is 1.18. The zero-order chi connectivity index (χ0) is 9.80. The van der Waals surface area contributed by atoms with E-state index >= 15 is 0 Å². The molecule has 2 N–H and O–H groups in total. The third-order valence-electron chi connectivity index (χ3n) is 1.67. The first-order valence-corrected chi connectivity index (χ1v) is 4.41. The molecule has 0 fully saturated rings. The van der Waals surface area contributed by atoms with Gasteiger partial charge in [-0.15, -0.1) is 0 Å². The van der Waals surface area contributed by atoms with Crippen molar-refractivity contribution in [3.05, 3.63) is 35.5 Å². The molecule has 5 nitrogen and oxygen atoms in total. The molecule has 0 atom stereocenters. The summed E-state index contributed by atoms with van der Waals surface area (Å²) in [7, 11) is 0. The molecular weight excluding hydrogens is 202 g/mol. The molecule has 0 amide bonds. The first-order chi connectivity index (χ1) is 6.86. The highest BCUT2D eigenvalue weighted by molar-refractivity contribution is 6.32. The Balaban J connectivity index is 2.02. The predicted octanol–water partition coefficient (Wildman–Crippen LogP) is 1.47. The third-order valence-corrected chi connectivity index (χ3v) is 1.95. The average Bonchev–Trinajstić information content (AvgIpc) is 2.69. The number of aromatic nitrogens is 4. The van der Waals surface area contributed by atoms with Gasteiger partial charge in [0.15, 0.2) is 0 Å². The van der Waals surface area contributed by atoms with Crippen LogP contribution >= 0.6 is 11.6 Å². The van der Waals surface area contributed by atoms with Gasteiger partial charge in [-0.05, 0) is 6.07 Å². The molecule has 2 rings (SSSR count). The van der Waals surface area contributed by atoms with Gasteiger partial charge >= 0.3 is 0 Å². The number of hydrogen-bond donors (Lipinski definition) is 2. The van der Waals surface area contributed by atoms with E-state index in [2.05, 4.69) is 25.5 Å². The molecule has 0 aliphatic heterocycles. The molecule has 6 heteroatoms.